The third kappa shape index (κ3) is 15.2. The van der Waals surface area contributed by atoms with Crippen LogP contribution in [-0.4, -0.2) is 24.6 Å². The topological polar surface area (TPSA) is 52.6 Å². The molecular weight excluding hydrogens is 268 g/mol. The molecule has 0 saturated carbocycles. The van der Waals surface area contributed by atoms with Crippen LogP contribution in [0, 0.1) is 0 Å². The third-order valence-electron chi connectivity index (χ3n) is 3.14. The highest BCUT2D eigenvalue weighted by molar-refractivity contribution is 5.70. The van der Waals surface area contributed by atoms with Gasteiger partial charge in [0, 0.05) is 12.8 Å². The molecule has 0 atom stereocenters. The molecule has 21 heavy (non-hydrogen) atoms. The highest BCUT2D eigenvalue weighted by Crippen LogP contribution is 2.07. The maximum atomic E-state index is 11.5. The van der Waals surface area contributed by atoms with Gasteiger partial charge in [-0.15, -0.1) is 0 Å². The van der Waals surface area contributed by atoms with Gasteiger partial charge in [-0.25, -0.2) is 0 Å². The number of esters is 2. The van der Waals surface area contributed by atoms with E-state index in [-0.39, 0.29) is 18.0 Å². The molecule has 0 rings (SSSR count). The molecule has 0 unspecified atom stereocenters. The Kier molecular flexibility index (Phi) is 13.2. The standard InChI is InChI=1S/C17H32O4/c1-4-5-6-7-8-11-14-20-16(18)12-9-10-13-17(19)21-15(2)3/h15H,4-14H2,1-3H3. The van der Waals surface area contributed by atoms with E-state index < -0.39 is 0 Å². The fourth-order valence-electron chi connectivity index (χ4n) is 2.00. The van der Waals surface area contributed by atoms with Crippen LogP contribution in [0.2, 0.25) is 0 Å². The average molecular weight is 300 g/mol. The fraction of sp³-hybridized carbons (Fsp3) is 0.882. The molecule has 4 heteroatoms. The summed E-state index contributed by atoms with van der Waals surface area (Å²) in [6, 6.07) is 0. The van der Waals surface area contributed by atoms with Gasteiger partial charge < -0.3 is 9.47 Å². The van der Waals surface area contributed by atoms with E-state index >= 15 is 0 Å². The summed E-state index contributed by atoms with van der Waals surface area (Å²) in [6.45, 7) is 6.39. The van der Waals surface area contributed by atoms with Crippen molar-refractivity contribution in [2.45, 2.75) is 91.1 Å². The molecule has 0 N–H and O–H groups in total. The molecule has 0 aliphatic carbocycles. The van der Waals surface area contributed by atoms with E-state index in [1.807, 2.05) is 13.8 Å². The molecule has 0 bridgehead atoms. The first-order valence-electron chi connectivity index (χ1n) is 8.41. The summed E-state index contributed by atoms with van der Waals surface area (Å²) in [7, 11) is 0. The van der Waals surface area contributed by atoms with Crippen molar-refractivity contribution < 1.29 is 19.1 Å². The molecule has 0 radical (unpaired) electrons. The molecule has 0 spiro atoms. The Morgan fingerprint density at radius 2 is 1.38 bits per heavy atom. The Bertz CT molecular complexity index is 274. The van der Waals surface area contributed by atoms with Crippen molar-refractivity contribution in [2.24, 2.45) is 0 Å². The molecular formula is C17H32O4. The summed E-state index contributed by atoms with van der Waals surface area (Å²) in [5.74, 6) is -0.341. The largest absolute Gasteiger partial charge is 0.466 e. The van der Waals surface area contributed by atoms with Gasteiger partial charge in [0.05, 0.1) is 12.7 Å². The van der Waals surface area contributed by atoms with Crippen LogP contribution in [0.25, 0.3) is 0 Å². The lowest BCUT2D eigenvalue weighted by Gasteiger charge is -2.07. The van der Waals surface area contributed by atoms with Gasteiger partial charge in [0.1, 0.15) is 0 Å². The Morgan fingerprint density at radius 3 is 2.00 bits per heavy atom. The predicted molar refractivity (Wildman–Crippen MR) is 84.0 cm³/mol. The van der Waals surface area contributed by atoms with Crippen LogP contribution in [0.1, 0.15) is 85.0 Å². The molecule has 4 nitrogen and oxygen atoms in total. The summed E-state index contributed by atoms with van der Waals surface area (Å²) in [6.07, 6.45) is 9.19. The van der Waals surface area contributed by atoms with E-state index in [9.17, 15) is 9.59 Å². The monoisotopic (exact) mass is 300 g/mol. The van der Waals surface area contributed by atoms with E-state index in [0.29, 0.717) is 32.3 Å². The number of hydrogen-bond acceptors (Lipinski definition) is 4. The molecule has 0 heterocycles. The summed E-state index contributed by atoms with van der Waals surface area (Å²) in [5.41, 5.74) is 0. The second kappa shape index (κ2) is 13.9. The van der Waals surface area contributed by atoms with Gasteiger partial charge in [-0.1, -0.05) is 39.0 Å². The lowest BCUT2D eigenvalue weighted by Crippen LogP contribution is -2.11. The van der Waals surface area contributed by atoms with Gasteiger partial charge >= 0.3 is 11.9 Å². The van der Waals surface area contributed by atoms with Gasteiger partial charge in [0.25, 0.3) is 0 Å². The van der Waals surface area contributed by atoms with E-state index in [2.05, 4.69) is 6.92 Å². The molecule has 0 saturated heterocycles. The summed E-state index contributed by atoms with van der Waals surface area (Å²) in [5, 5.41) is 0. The van der Waals surface area contributed by atoms with Crippen LogP contribution in [0.5, 0.6) is 0 Å². The summed E-state index contributed by atoms with van der Waals surface area (Å²) in [4.78, 5) is 22.7. The van der Waals surface area contributed by atoms with Gasteiger partial charge in [-0.2, -0.15) is 0 Å². The van der Waals surface area contributed by atoms with Gasteiger partial charge in [-0.05, 0) is 33.1 Å². The van der Waals surface area contributed by atoms with Gasteiger partial charge in [0.15, 0.2) is 0 Å². The molecule has 0 aromatic heterocycles. The SMILES string of the molecule is CCCCCCCCOC(=O)CCCCC(=O)OC(C)C. The minimum atomic E-state index is -0.189. The maximum Gasteiger partial charge on any atom is 0.306 e. The first kappa shape index (κ1) is 19.9. The van der Waals surface area contributed by atoms with E-state index in [0.717, 1.165) is 12.8 Å². The minimum Gasteiger partial charge on any atom is -0.466 e. The molecule has 0 aromatic rings. The van der Waals surface area contributed by atoms with Gasteiger partial charge in [0.2, 0.25) is 0 Å². The Morgan fingerprint density at radius 1 is 0.810 bits per heavy atom. The number of ether oxygens (including phenoxy) is 2. The van der Waals surface area contributed by atoms with Crippen LogP contribution >= 0.6 is 0 Å². The number of carbonyl (C=O) groups is 2. The summed E-state index contributed by atoms with van der Waals surface area (Å²) < 4.78 is 10.2. The maximum absolute atomic E-state index is 11.5. The van der Waals surface area contributed by atoms with Crippen molar-refractivity contribution >= 4 is 11.9 Å². The van der Waals surface area contributed by atoms with Crippen molar-refractivity contribution in [3.05, 3.63) is 0 Å². The van der Waals surface area contributed by atoms with Crippen molar-refractivity contribution in [3.8, 4) is 0 Å². The van der Waals surface area contributed by atoms with Crippen molar-refractivity contribution in [2.75, 3.05) is 6.61 Å². The van der Waals surface area contributed by atoms with Crippen molar-refractivity contribution in [1.29, 1.82) is 0 Å². The van der Waals surface area contributed by atoms with E-state index in [1.54, 1.807) is 0 Å². The number of rotatable bonds is 13. The minimum absolute atomic E-state index is 0.0696. The second-order valence-corrected chi connectivity index (χ2v) is 5.73. The zero-order valence-electron chi connectivity index (χ0n) is 14.0. The predicted octanol–water partition coefficient (Wildman–Crippen LogP) is 4.40. The normalized spacial score (nSPS) is 10.7. The second-order valence-electron chi connectivity index (χ2n) is 5.73. The average Bonchev–Trinajstić information content (AvgIpc) is 2.42. The Balaban J connectivity index is 3.33. The molecule has 0 amide bonds. The van der Waals surface area contributed by atoms with Crippen LogP contribution in [0.15, 0.2) is 0 Å². The van der Waals surface area contributed by atoms with Crippen LogP contribution in [0.3, 0.4) is 0 Å². The molecule has 124 valence electrons. The highest BCUT2D eigenvalue weighted by Gasteiger charge is 2.07. The Hall–Kier alpha value is -1.06. The smallest absolute Gasteiger partial charge is 0.306 e. The number of hydrogen-bond donors (Lipinski definition) is 0. The molecule has 0 aliphatic heterocycles. The van der Waals surface area contributed by atoms with Crippen molar-refractivity contribution in [1.82, 2.24) is 0 Å². The number of carbonyl (C=O) groups excluding carboxylic acids is 2. The Labute approximate surface area is 129 Å². The third-order valence-corrected chi connectivity index (χ3v) is 3.14. The first-order valence-corrected chi connectivity index (χ1v) is 8.41. The van der Waals surface area contributed by atoms with Crippen molar-refractivity contribution in [3.63, 3.8) is 0 Å². The van der Waals surface area contributed by atoms with Crippen LogP contribution in [-0.2, 0) is 19.1 Å². The summed E-state index contributed by atoms with van der Waals surface area (Å²) >= 11 is 0. The quantitative estimate of drug-likeness (QED) is 0.373. The fourth-order valence-corrected chi connectivity index (χ4v) is 2.00. The zero-order chi connectivity index (χ0) is 15.9. The van der Waals surface area contributed by atoms with Crippen LogP contribution in [0.4, 0.5) is 0 Å². The number of unbranched alkanes of at least 4 members (excludes halogenated alkanes) is 6. The first-order chi connectivity index (χ1) is 10.1. The molecule has 0 aliphatic rings. The lowest BCUT2D eigenvalue weighted by atomic mass is 10.1. The van der Waals surface area contributed by atoms with E-state index in [1.165, 1.54) is 25.7 Å². The lowest BCUT2D eigenvalue weighted by molar-refractivity contribution is -0.148. The van der Waals surface area contributed by atoms with Crippen LogP contribution < -0.4 is 0 Å². The zero-order valence-corrected chi connectivity index (χ0v) is 14.0. The highest BCUT2D eigenvalue weighted by atomic mass is 16.5. The van der Waals surface area contributed by atoms with E-state index in [4.69, 9.17) is 9.47 Å². The molecule has 0 aromatic carbocycles. The van der Waals surface area contributed by atoms with Gasteiger partial charge in [-0.3, -0.25) is 9.59 Å². The molecule has 0 fully saturated rings.